The van der Waals surface area contributed by atoms with Crippen molar-refractivity contribution in [3.05, 3.63) is 41.3 Å². The monoisotopic (exact) mass is 255 g/mol. The molecule has 0 saturated heterocycles. The summed E-state index contributed by atoms with van der Waals surface area (Å²) < 4.78 is 5.91. The standard InChI is InChI=1S/C15H17N3O/c1-10-6-7-12(16)14(8-10)19-15-11-4-2-3-5-13(11)17-9-18-15/h6-9H,2-5,16H2,1H3. The average Bonchev–Trinajstić information content (AvgIpc) is 2.43. The molecule has 1 aliphatic rings. The van der Waals surface area contributed by atoms with E-state index in [9.17, 15) is 0 Å². The molecule has 0 spiro atoms. The first-order valence-electron chi connectivity index (χ1n) is 6.61. The van der Waals surface area contributed by atoms with Crippen molar-refractivity contribution in [3.63, 3.8) is 0 Å². The third-order valence-corrected chi connectivity index (χ3v) is 3.46. The van der Waals surface area contributed by atoms with Crippen LogP contribution in [0.1, 0.15) is 29.7 Å². The van der Waals surface area contributed by atoms with Crippen molar-refractivity contribution < 1.29 is 4.74 Å². The lowest BCUT2D eigenvalue weighted by Gasteiger charge is -2.17. The number of nitrogens with zero attached hydrogens (tertiary/aromatic N) is 2. The molecule has 0 bridgehead atoms. The van der Waals surface area contributed by atoms with Crippen LogP contribution < -0.4 is 10.5 Å². The van der Waals surface area contributed by atoms with Crippen LogP contribution >= 0.6 is 0 Å². The minimum absolute atomic E-state index is 0.633. The van der Waals surface area contributed by atoms with E-state index >= 15 is 0 Å². The Morgan fingerprint density at radius 1 is 1.16 bits per heavy atom. The highest BCUT2D eigenvalue weighted by molar-refractivity contribution is 5.55. The second-order valence-corrected chi connectivity index (χ2v) is 4.95. The Kier molecular flexibility index (Phi) is 3.07. The summed E-state index contributed by atoms with van der Waals surface area (Å²) in [6.45, 7) is 2.02. The first kappa shape index (κ1) is 12.0. The van der Waals surface area contributed by atoms with E-state index in [1.165, 1.54) is 12.8 Å². The van der Waals surface area contributed by atoms with Gasteiger partial charge in [-0.25, -0.2) is 9.97 Å². The number of aromatic nitrogens is 2. The lowest BCUT2D eigenvalue weighted by Crippen LogP contribution is -2.08. The zero-order chi connectivity index (χ0) is 13.2. The SMILES string of the molecule is Cc1ccc(N)c(Oc2ncnc3c2CCCC3)c1. The van der Waals surface area contributed by atoms with Gasteiger partial charge in [0.15, 0.2) is 5.75 Å². The van der Waals surface area contributed by atoms with Crippen LogP contribution in [0.4, 0.5) is 5.69 Å². The highest BCUT2D eigenvalue weighted by Crippen LogP contribution is 2.32. The molecule has 0 aliphatic heterocycles. The van der Waals surface area contributed by atoms with Gasteiger partial charge in [-0.15, -0.1) is 0 Å². The summed E-state index contributed by atoms with van der Waals surface area (Å²) in [7, 11) is 0. The lowest BCUT2D eigenvalue weighted by molar-refractivity contribution is 0.448. The summed E-state index contributed by atoms with van der Waals surface area (Å²) in [5.41, 5.74) is 9.94. The first-order chi connectivity index (χ1) is 9.24. The molecule has 1 aromatic heterocycles. The Morgan fingerprint density at radius 2 is 2.00 bits per heavy atom. The Hall–Kier alpha value is -2.10. The number of nitrogen functional groups attached to an aromatic ring is 1. The number of ether oxygens (including phenoxy) is 1. The van der Waals surface area contributed by atoms with E-state index in [-0.39, 0.29) is 0 Å². The third-order valence-electron chi connectivity index (χ3n) is 3.46. The van der Waals surface area contributed by atoms with Crippen LogP contribution in [0.15, 0.2) is 24.5 Å². The van der Waals surface area contributed by atoms with E-state index in [1.54, 1.807) is 6.33 Å². The Balaban J connectivity index is 1.97. The van der Waals surface area contributed by atoms with Gasteiger partial charge in [0.1, 0.15) is 6.33 Å². The van der Waals surface area contributed by atoms with E-state index in [0.29, 0.717) is 17.3 Å². The molecule has 98 valence electrons. The second kappa shape index (κ2) is 4.88. The van der Waals surface area contributed by atoms with Crippen LogP contribution in [-0.2, 0) is 12.8 Å². The first-order valence-corrected chi connectivity index (χ1v) is 6.61. The molecule has 1 heterocycles. The number of hydrogen-bond acceptors (Lipinski definition) is 4. The van der Waals surface area contributed by atoms with Crippen LogP contribution in [0.5, 0.6) is 11.6 Å². The van der Waals surface area contributed by atoms with Crippen molar-refractivity contribution in [3.8, 4) is 11.6 Å². The molecule has 1 aliphatic carbocycles. The van der Waals surface area contributed by atoms with Crippen molar-refractivity contribution in [2.45, 2.75) is 32.6 Å². The van der Waals surface area contributed by atoms with Gasteiger partial charge >= 0.3 is 0 Å². The van der Waals surface area contributed by atoms with Crippen molar-refractivity contribution in [1.29, 1.82) is 0 Å². The summed E-state index contributed by atoms with van der Waals surface area (Å²) in [4.78, 5) is 8.61. The van der Waals surface area contributed by atoms with Crippen LogP contribution in [0, 0.1) is 6.92 Å². The minimum atomic E-state index is 0.633. The molecule has 3 rings (SSSR count). The normalized spacial score (nSPS) is 13.9. The maximum Gasteiger partial charge on any atom is 0.225 e. The van der Waals surface area contributed by atoms with Crippen molar-refractivity contribution in [1.82, 2.24) is 9.97 Å². The van der Waals surface area contributed by atoms with Crippen LogP contribution in [-0.4, -0.2) is 9.97 Å². The smallest absolute Gasteiger partial charge is 0.225 e. The van der Waals surface area contributed by atoms with Crippen molar-refractivity contribution in [2.24, 2.45) is 0 Å². The number of anilines is 1. The molecule has 1 aromatic carbocycles. The average molecular weight is 255 g/mol. The molecular weight excluding hydrogens is 238 g/mol. The molecule has 2 N–H and O–H groups in total. The predicted molar refractivity (Wildman–Crippen MR) is 74.3 cm³/mol. The summed E-state index contributed by atoms with van der Waals surface area (Å²) in [6.07, 6.45) is 5.93. The molecule has 0 saturated carbocycles. The molecule has 0 fully saturated rings. The third kappa shape index (κ3) is 2.38. The van der Waals surface area contributed by atoms with Gasteiger partial charge in [0.05, 0.1) is 11.4 Å². The fourth-order valence-corrected chi connectivity index (χ4v) is 2.41. The van der Waals surface area contributed by atoms with Crippen LogP contribution in [0.25, 0.3) is 0 Å². The summed E-state index contributed by atoms with van der Waals surface area (Å²) in [5, 5.41) is 0. The maximum absolute atomic E-state index is 5.94. The Bertz CT molecular complexity index is 610. The largest absolute Gasteiger partial charge is 0.436 e. The van der Waals surface area contributed by atoms with E-state index in [2.05, 4.69) is 9.97 Å². The van der Waals surface area contributed by atoms with Gasteiger partial charge in [-0.1, -0.05) is 6.07 Å². The molecular formula is C15H17N3O. The lowest BCUT2D eigenvalue weighted by atomic mass is 9.97. The molecule has 0 atom stereocenters. The Labute approximate surface area is 112 Å². The maximum atomic E-state index is 5.94. The zero-order valence-corrected chi connectivity index (χ0v) is 11.0. The Morgan fingerprint density at radius 3 is 2.89 bits per heavy atom. The van der Waals surface area contributed by atoms with Gasteiger partial charge in [0, 0.05) is 5.56 Å². The fraction of sp³-hybridized carbons (Fsp3) is 0.333. The van der Waals surface area contributed by atoms with Gasteiger partial charge in [0.2, 0.25) is 5.88 Å². The minimum Gasteiger partial charge on any atom is -0.436 e. The molecule has 4 heteroatoms. The summed E-state index contributed by atoms with van der Waals surface area (Å²) in [5.74, 6) is 1.33. The highest BCUT2D eigenvalue weighted by atomic mass is 16.5. The predicted octanol–water partition coefficient (Wildman–Crippen LogP) is 3.04. The van der Waals surface area contributed by atoms with Gasteiger partial charge in [-0.05, 0) is 50.3 Å². The number of aryl methyl sites for hydroxylation is 2. The van der Waals surface area contributed by atoms with Crippen molar-refractivity contribution >= 4 is 5.69 Å². The van der Waals surface area contributed by atoms with Gasteiger partial charge in [0.25, 0.3) is 0 Å². The number of fused-ring (bicyclic) bond motifs is 1. The number of hydrogen-bond donors (Lipinski definition) is 1. The fourth-order valence-electron chi connectivity index (χ4n) is 2.41. The quantitative estimate of drug-likeness (QED) is 0.838. The number of nitrogens with two attached hydrogens (primary N) is 1. The number of rotatable bonds is 2. The van der Waals surface area contributed by atoms with Gasteiger partial charge in [-0.3, -0.25) is 0 Å². The second-order valence-electron chi connectivity index (χ2n) is 4.95. The molecule has 4 nitrogen and oxygen atoms in total. The topological polar surface area (TPSA) is 61.0 Å². The van der Waals surface area contributed by atoms with E-state index in [4.69, 9.17) is 10.5 Å². The van der Waals surface area contributed by atoms with E-state index in [0.717, 1.165) is 29.7 Å². The summed E-state index contributed by atoms with van der Waals surface area (Å²) in [6, 6.07) is 5.77. The van der Waals surface area contributed by atoms with Crippen LogP contribution in [0.3, 0.4) is 0 Å². The molecule has 0 radical (unpaired) electrons. The van der Waals surface area contributed by atoms with Crippen LogP contribution in [0.2, 0.25) is 0 Å². The molecule has 2 aromatic rings. The zero-order valence-electron chi connectivity index (χ0n) is 11.0. The highest BCUT2D eigenvalue weighted by Gasteiger charge is 2.17. The summed E-state index contributed by atoms with van der Waals surface area (Å²) >= 11 is 0. The van der Waals surface area contributed by atoms with E-state index < -0.39 is 0 Å². The number of benzene rings is 1. The molecule has 0 unspecified atom stereocenters. The van der Waals surface area contributed by atoms with E-state index in [1.807, 2.05) is 25.1 Å². The van der Waals surface area contributed by atoms with Gasteiger partial charge in [-0.2, -0.15) is 0 Å². The van der Waals surface area contributed by atoms with Crippen molar-refractivity contribution in [2.75, 3.05) is 5.73 Å². The molecule has 19 heavy (non-hydrogen) atoms. The molecule has 0 amide bonds. The van der Waals surface area contributed by atoms with Gasteiger partial charge < -0.3 is 10.5 Å².